The molecule has 0 aliphatic heterocycles. The third-order valence-electron chi connectivity index (χ3n) is 5.52. The molecule has 1 atom stereocenters. The standard InChI is InChI=1S/C24H26BrN3O3S/c1-3-9-31-24(30)21-19-8-7-15(2)10-20(19)32-23(21)27-22(29)17-6-4-5-16(11-17)13-28-14-18(25)12-26-28/h4-6,11-12,14-15H,3,7-10,13H2,1-2H3,(H,27,29)/t15-/m0/s1. The zero-order chi connectivity index (χ0) is 22.7. The van der Waals surface area contributed by atoms with Gasteiger partial charge in [0.05, 0.1) is 29.4 Å². The van der Waals surface area contributed by atoms with Crippen molar-refractivity contribution in [3.05, 3.63) is 68.3 Å². The van der Waals surface area contributed by atoms with Gasteiger partial charge >= 0.3 is 5.97 Å². The van der Waals surface area contributed by atoms with Crippen molar-refractivity contribution in [1.82, 2.24) is 9.78 Å². The fourth-order valence-corrected chi connectivity index (χ4v) is 5.64. The summed E-state index contributed by atoms with van der Waals surface area (Å²) in [7, 11) is 0. The van der Waals surface area contributed by atoms with Gasteiger partial charge in [-0.2, -0.15) is 5.10 Å². The number of thiophene rings is 1. The second kappa shape index (κ2) is 10.0. The summed E-state index contributed by atoms with van der Waals surface area (Å²) >= 11 is 4.91. The molecule has 0 saturated heterocycles. The minimum Gasteiger partial charge on any atom is -0.462 e. The molecule has 168 valence electrons. The number of hydrogen-bond donors (Lipinski definition) is 1. The first kappa shape index (κ1) is 22.7. The van der Waals surface area contributed by atoms with Crippen molar-refractivity contribution >= 4 is 44.1 Å². The zero-order valence-corrected chi connectivity index (χ0v) is 20.6. The number of nitrogens with zero attached hydrogens (tertiary/aromatic N) is 2. The molecule has 0 radical (unpaired) electrons. The predicted octanol–water partition coefficient (Wildman–Crippen LogP) is 5.70. The van der Waals surface area contributed by atoms with Gasteiger partial charge in [-0.25, -0.2) is 4.79 Å². The van der Waals surface area contributed by atoms with Gasteiger partial charge in [0.1, 0.15) is 5.00 Å². The molecular weight excluding hydrogens is 490 g/mol. The van der Waals surface area contributed by atoms with Gasteiger partial charge in [-0.05, 0) is 70.8 Å². The Morgan fingerprint density at radius 2 is 2.22 bits per heavy atom. The van der Waals surface area contributed by atoms with Crippen molar-refractivity contribution in [2.24, 2.45) is 5.92 Å². The average Bonchev–Trinajstić information content (AvgIpc) is 3.34. The van der Waals surface area contributed by atoms with Crippen LogP contribution in [0.3, 0.4) is 0 Å². The number of esters is 1. The fraction of sp³-hybridized carbons (Fsp3) is 0.375. The Bertz CT molecular complexity index is 1140. The molecule has 1 aliphatic carbocycles. The average molecular weight is 516 g/mol. The number of amides is 1. The number of halogens is 1. The van der Waals surface area contributed by atoms with Crippen LogP contribution in [0.4, 0.5) is 5.00 Å². The molecule has 0 bridgehead atoms. The molecule has 4 rings (SSSR count). The van der Waals surface area contributed by atoms with Crippen LogP contribution in [-0.4, -0.2) is 28.3 Å². The number of hydrogen-bond acceptors (Lipinski definition) is 5. The molecule has 0 saturated carbocycles. The third-order valence-corrected chi connectivity index (χ3v) is 7.09. The summed E-state index contributed by atoms with van der Waals surface area (Å²) < 4.78 is 8.16. The van der Waals surface area contributed by atoms with Crippen LogP contribution in [0.15, 0.2) is 41.1 Å². The molecule has 3 aromatic rings. The van der Waals surface area contributed by atoms with E-state index in [1.807, 2.05) is 31.3 Å². The quantitative estimate of drug-likeness (QED) is 0.409. The van der Waals surface area contributed by atoms with Gasteiger partial charge in [0.25, 0.3) is 5.91 Å². The molecule has 1 amide bonds. The Labute approximate surface area is 200 Å². The summed E-state index contributed by atoms with van der Waals surface area (Å²) in [6, 6.07) is 7.46. The topological polar surface area (TPSA) is 73.2 Å². The SMILES string of the molecule is CCCOC(=O)c1c(NC(=O)c2cccc(Cn3cc(Br)cn3)c2)sc2c1CC[C@H](C)C2. The van der Waals surface area contributed by atoms with E-state index in [4.69, 9.17) is 4.74 Å². The van der Waals surface area contributed by atoms with Crippen LogP contribution < -0.4 is 5.32 Å². The second-order valence-corrected chi connectivity index (χ2v) is 10.2. The first-order valence-electron chi connectivity index (χ1n) is 10.8. The molecule has 6 nitrogen and oxygen atoms in total. The predicted molar refractivity (Wildman–Crippen MR) is 130 cm³/mol. The molecule has 2 heterocycles. The highest BCUT2D eigenvalue weighted by molar-refractivity contribution is 9.10. The summed E-state index contributed by atoms with van der Waals surface area (Å²) in [5.41, 5.74) is 3.09. The number of aromatic nitrogens is 2. The summed E-state index contributed by atoms with van der Waals surface area (Å²) in [6.45, 7) is 5.13. The van der Waals surface area contributed by atoms with Gasteiger partial charge in [0.2, 0.25) is 0 Å². The lowest BCUT2D eigenvalue weighted by Gasteiger charge is -2.18. The Morgan fingerprint density at radius 1 is 1.38 bits per heavy atom. The number of anilines is 1. The van der Waals surface area contributed by atoms with Crippen molar-refractivity contribution < 1.29 is 14.3 Å². The van der Waals surface area contributed by atoms with Gasteiger partial charge in [-0.15, -0.1) is 11.3 Å². The molecule has 2 aromatic heterocycles. The molecule has 0 unspecified atom stereocenters. The Kier molecular flexibility index (Phi) is 7.10. The van der Waals surface area contributed by atoms with Crippen molar-refractivity contribution in [2.45, 2.75) is 46.1 Å². The van der Waals surface area contributed by atoms with E-state index in [-0.39, 0.29) is 11.9 Å². The third kappa shape index (κ3) is 5.13. The maximum atomic E-state index is 13.1. The van der Waals surface area contributed by atoms with Crippen LogP contribution in [0, 0.1) is 5.92 Å². The van der Waals surface area contributed by atoms with Gasteiger partial charge in [0.15, 0.2) is 0 Å². The Hall–Kier alpha value is -2.45. The molecule has 8 heteroatoms. The first-order chi connectivity index (χ1) is 15.4. The van der Waals surface area contributed by atoms with Crippen molar-refractivity contribution in [2.75, 3.05) is 11.9 Å². The van der Waals surface area contributed by atoms with Gasteiger partial charge < -0.3 is 10.1 Å². The van der Waals surface area contributed by atoms with E-state index >= 15 is 0 Å². The molecule has 1 N–H and O–H groups in total. The van der Waals surface area contributed by atoms with Crippen molar-refractivity contribution in [3.8, 4) is 0 Å². The second-order valence-electron chi connectivity index (χ2n) is 8.20. The Morgan fingerprint density at radius 3 is 2.97 bits per heavy atom. The van der Waals surface area contributed by atoms with Crippen LogP contribution >= 0.6 is 27.3 Å². The molecule has 0 fully saturated rings. The smallest absolute Gasteiger partial charge is 0.341 e. The zero-order valence-electron chi connectivity index (χ0n) is 18.2. The van der Waals surface area contributed by atoms with Gasteiger partial charge in [-0.3, -0.25) is 9.48 Å². The van der Waals surface area contributed by atoms with Crippen LogP contribution in [0.2, 0.25) is 0 Å². The van der Waals surface area contributed by atoms with Crippen molar-refractivity contribution in [1.29, 1.82) is 0 Å². The van der Waals surface area contributed by atoms with Crippen molar-refractivity contribution in [3.63, 3.8) is 0 Å². The highest BCUT2D eigenvalue weighted by Crippen LogP contribution is 2.40. The van der Waals surface area contributed by atoms with Crippen LogP contribution in [-0.2, 0) is 24.1 Å². The minimum atomic E-state index is -0.341. The monoisotopic (exact) mass is 515 g/mol. The molecule has 32 heavy (non-hydrogen) atoms. The Balaban J connectivity index is 1.57. The number of carbonyl (C=O) groups is 2. The molecular formula is C24H26BrN3O3S. The lowest BCUT2D eigenvalue weighted by molar-refractivity contribution is 0.0505. The highest BCUT2D eigenvalue weighted by Gasteiger charge is 2.29. The first-order valence-corrected chi connectivity index (χ1v) is 12.5. The molecule has 1 aliphatic rings. The summed E-state index contributed by atoms with van der Waals surface area (Å²) in [5.74, 6) is 0.000115. The van der Waals surface area contributed by atoms with E-state index in [2.05, 4.69) is 33.3 Å². The van der Waals surface area contributed by atoms with Crippen LogP contribution in [0.5, 0.6) is 0 Å². The number of ether oxygens (including phenoxy) is 1. The van der Waals surface area contributed by atoms with E-state index in [0.29, 0.717) is 35.2 Å². The van der Waals surface area contributed by atoms with Crippen LogP contribution in [0.25, 0.3) is 0 Å². The van der Waals surface area contributed by atoms with E-state index in [1.54, 1.807) is 16.9 Å². The van der Waals surface area contributed by atoms with Gasteiger partial charge in [-0.1, -0.05) is 26.0 Å². The largest absolute Gasteiger partial charge is 0.462 e. The summed E-state index contributed by atoms with van der Waals surface area (Å²) in [6.07, 6.45) is 7.19. The van der Waals surface area contributed by atoms with Crippen LogP contribution in [0.1, 0.15) is 63.4 Å². The maximum absolute atomic E-state index is 13.1. The number of rotatable bonds is 7. The summed E-state index contributed by atoms with van der Waals surface area (Å²) in [4.78, 5) is 27.1. The van der Waals surface area contributed by atoms with E-state index in [0.717, 1.165) is 41.3 Å². The van der Waals surface area contributed by atoms with E-state index in [1.165, 1.54) is 16.2 Å². The summed E-state index contributed by atoms with van der Waals surface area (Å²) in [5, 5.41) is 7.87. The number of nitrogens with one attached hydrogen (secondary N) is 1. The minimum absolute atomic E-state index is 0.232. The van der Waals surface area contributed by atoms with Gasteiger partial charge in [0, 0.05) is 16.6 Å². The fourth-order valence-electron chi connectivity index (χ4n) is 3.92. The molecule has 1 aromatic carbocycles. The molecule has 0 spiro atoms. The number of carbonyl (C=O) groups excluding carboxylic acids is 2. The highest BCUT2D eigenvalue weighted by atomic mass is 79.9. The lowest BCUT2D eigenvalue weighted by Crippen LogP contribution is -2.17. The lowest BCUT2D eigenvalue weighted by atomic mass is 9.88. The normalized spacial score (nSPS) is 15.3. The van der Waals surface area contributed by atoms with E-state index < -0.39 is 0 Å². The van der Waals surface area contributed by atoms with E-state index in [9.17, 15) is 9.59 Å². The number of fused-ring (bicyclic) bond motifs is 1. The maximum Gasteiger partial charge on any atom is 0.341 e. The number of benzene rings is 1.